The van der Waals surface area contributed by atoms with Crippen molar-refractivity contribution in [2.45, 2.75) is 18.6 Å². The van der Waals surface area contributed by atoms with Crippen molar-refractivity contribution >= 4 is 39.3 Å². The van der Waals surface area contributed by atoms with Crippen molar-refractivity contribution in [1.29, 1.82) is 0 Å². The number of rotatable bonds is 10. The van der Waals surface area contributed by atoms with Gasteiger partial charge in [-0.05, 0) is 52.7 Å². The van der Waals surface area contributed by atoms with Crippen LogP contribution in [-0.4, -0.2) is 47.8 Å². The van der Waals surface area contributed by atoms with Crippen LogP contribution < -0.4 is 19.5 Å². The van der Waals surface area contributed by atoms with Crippen LogP contribution in [0.2, 0.25) is 0 Å². The van der Waals surface area contributed by atoms with Crippen molar-refractivity contribution in [2.75, 3.05) is 32.4 Å². The third kappa shape index (κ3) is 5.69. The number of allylic oxidation sites excluding steroid dienone is 1. The number of aryl methyl sites for hydroxylation is 1. The smallest absolute Gasteiger partial charge is 0.234 e. The fourth-order valence-electron chi connectivity index (χ4n) is 3.15. The highest BCUT2D eigenvalue weighted by Gasteiger charge is 2.20. The van der Waals surface area contributed by atoms with Crippen LogP contribution in [0.15, 0.2) is 52.6 Å². The van der Waals surface area contributed by atoms with Crippen LogP contribution in [0.3, 0.4) is 0 Å². The van der Waals surface area contributed by atoms with Crippen LogP contribution >= 0.6 is 27.7 Å². The molecule has 3 rings (SSSR count). The number of aromatic nitrogens is 3. The SMILES string of the molecule is C=CCn1c(SCC(=O)Nc2ccc(C)cc2Br)nnc1-c1cc(OC)c(OC)c(OC)c1. The largest absolute Gasteiger partial charge is 0.493 e. The summed E-state index contributed by atoms with van der Waals surface area (Å²) in [5, 5.41) is 12.2. The standard InChI is InChI=1S/C23H25BrN4O4S/c1-6-9-28-22(15-11-18(30-3)21(32-5)19(12-15)31-4)26-27-23(28)33-13-20(29)25-17-8-7-14(2)10-16(17)24/h6-8,10-12H,1,9,13H2,2-5H3,(H,25,29). The summed E-state index contributed by atoms with van der Waals surface area (Å²) in [6.45, 7) is 6.29. The zero-order valence-electron chi connectivity index (χ0n) is 18.8. The van der Waals surface area contributed by atoms with Crippen molar-refractivity contribution in [3.05, 3.63) is 53.0 Å². The third-order valence-corrected chi connectivity index (χ3v) is 6.31. The monoisotopic (exact) mass is 532 g/mol. The number of benzene rings is 2. The summed E-state index contributed by atoms with van der Waals surface area (Å²) in [6.07, 6.45) is 1.75. The lowest BCUT2D eigenvalue weighted by Gasteiger charge is -2.14. The predicted octanol–water partition coefficient (Wildman–Crippen LogP) is 4.96. The number of thioether (sulfide) groups is 1. The van der Waals surface area contributed by atoms with E-state index in [1.807, 2.05) is 29.7 Å². The quantitative estimate of drug-likeness (QED) is 0.291. The lowest BCUT2D eigenvalue weighted by molar-refractivity contribution is -0.113. The van der Waals surface area contributed by atoms with E-state index in [0.29, 0.717) is 34.8 Å². The van der Waals surface area contributed by atoms with Crippen LogP contribution in [0.1, 0.15) is 5.56 Å². The molecule has 0 bridgehead atoms. The van der Waals surface area contributed by atoms with Gasteiger partial charge in [0.25, 0.3) is 0 Å². The first kappa shape index (κ1) is 24.7. The molecule has 0 aliphatic carbocycles. The molecule has 1 heterocycles. The Labute approximate surface area is 205 Å². The van der Waals surface area contributed by atoms with Gasteiger partial charge in [-0.1, -0.05) is 23.9 Å². The summed E-state index contributed by atoms with van der Waals surface area (Å²) >= 11 is 4.77. The Morgan fingerprint density at radius 3 is 2.42 bits per heavy atom. The molecule has 174 valence electrons. The number of nitrogens with zero attached hydrogens (tertiary/aromatic N) is 3. The molecular weight excluding hydrogens is 508 g/mol. The molecule has 3 aromatic rings. The second kappa shape index (κ2) is 11.2. The van der Waals surface area contributed by atoms with Gasteiger partial charge >= 0.3 is 0 Å². The molecule has 0 saturated carbocycles. The molecular formula is C23H25BrN4O4S. The van der Waals surface area contributed by atoms with Gasteiger partial charge < -0.3 is 19.5 Å². The zero-order chi connectivity index (χ0) is 24.0. The Balaban J connectivity index is 1.84. The predicted molar refractivity (Wildman–Crippen MR) is 134 cm³/mol. The Morgan fingerprint density at radius 2 is 1.85 bits per heavy atom. The lowest BCUT2D eigenvalue weighted by Crippen LogP contribution is -2.15. The average molecular weight is 533 g/mol. The number of ether oxygens (including phenoxy) is 3. The minimum Gasteiger partial charge on any atom is -0.493 e. The highest BCUT2D eigenvalue weighted by atomic mass is 79.9. The summed E-state index contributed by atoms with van der Waals surface area (Å²) in [5.74, 6) is 2.14. The highest BCUT2D eigenvalue weighted by Crippen LogP contribution is 2.41. The summed E-state index contributed by atoms with van der Waals surface area (Å²) in [4.78, 5) is 12.5. The van der Waals surface area contributed by atoms with Gasteiger partial charge in [0, 0.05) is 16.6 Å². The molecule has 8 nitrogen and oxygen atoms in total. The summed E-state index contributed by atoms with van der Waals surface area (Å²) in [7, 11) is 4.67. The maximum Gasteiger partial charge on any atom is 0.234 e. The number of anilines is 1. The topological polar surface area (TPSA) is 87.5 Å². The Hall–Kier alpha value is -2.98. The molecule has 0 unspecified atom stereocenters. The van der Waals surface area contributed by atoms with E-state index in [-0.39, 0.29) is 11.7 Å². The molecule has 1 N–H and O–H groups in total. The van der Waals surface area contributed by atoms with E-state index in [0.717, 1.165) is 21.3 Å². The van der Waals surface area contributed by atoms with Gasteiger partial charge in [-0.25, -0.2) is 0 Å². The van der Waals surface area contributed by atoms with E-state index < -0.39 is 0 Å². The van der Waals surface area contributed by atoms with Crippen LogP contribution in [0, 0.1) is 6.92 Å². The van der Waals surface area contributed by atoms with E-state index in [1.54, 1.807) is 39.5 Å². The molecule has 0 saturated heterocycles. The summed E-state index contributed by atoms with van der Waals surface area (Å²) in [5.41, 5.74) is 2.56. The van der Waals surface area contributed by atoms with Gasteiger partial charge in [-0.15, -0.1) is 16.8 Å². The normalized spacial score (nSPS) is 10.6. The average Bonchev–Trinajstić information content (AvgIpc) is 3.21. The van der Waals surface area contributed by atoms with Gasteiger partial charge in [0.15, 0.2) is 22.5 Å². The molecule has 10 heteroatoms. The van der Waals surface area contributed by atoms with Gasteiger partial charge in [-0.2, -0.15) is 0 Å². The molecule has 1 amide bonds. The maximum absolute atomic E-state index is 12.5. The van der Waals surface area contributed by atoms with Crippen molar-refractivity contribution in [3.8, 4) is 28.6 Å². The molecule has 0 radical (unpaired) electrons. The Kier molecular flexibility index (Phi) is 8.40. The maximum atomic E-state index is 12.5. The molecule has 0 spiro atoms. The van der Waals surface area contributed by atoms with Crippen molar-refractivity contribution in [1.82, 2.24) is 14.8 Å². The molecule has 0 atom stereocenters. The molecule has 0 aliphatic rings. The second-order valence-electron chi connectivity index (χ2n) is 6.94. The van der Waals surface area contributed by atoms with Crippen LogP contribution in [0.4, 0.5) is 5.69 Å². The summed E-state index contributed by atoms with van der Waals surface area (Å²) < 4.78 is 19.0. The molecule has 0 aliphatic heterocycles. The third-order valence-electron chi connectivity index (χ3n) is 4.68. The first-order chi connectivity index (χ1) is 15.9. The van der Waals surface area contributed by atoms with Gasteiger partial charge in [0.05, 0.1) is 32.8 Å². The number of hydrogen-bond acceptors (Lipinski definition) is 7. The van der Waals surface area contributed by atoms with Gasteiger partial charge in [-0.3, -0.25) is 9.36 Å². The number of methoxy groups -OCH3 is 3. The number of hydrogen-bond donors (Lipinski definition) is 1. The molecule has 2 aromatic carbocycles. The van der Waals surface area contributed by atoms with Crippen molar-refractivity contribution in [3.63, 3.8) is 0 Å². The van der Waals surface area contributed by atoms with Crippen LogP contribution in [0.5, 0.6) is 17.2 Å². The van der Waals surface area contributed by atoms with Crippen molar-refractivity contribution < 1.29 is 19.0 Å². The van der Waals surface area contributed by atoms with Crippen LogP contribution in [-0.2, 0) is 11.3 Å². The van der Waals surface area contributed by atoms with E-state index in [1.165, 1.54) is 11.8 Å². The van der Waals surface area contributed by atoms with Gasteiger partial charge in [0.2, 0.25) is 11.7 Å². The van der Waals surface area contributed by atoms with Crippen molar-refractivity contribution in [2.24, 2.45) is 0 Å². The first-order valence-electron chi connectivity index (χ1n) is 9.95. The number of nitrogens with one attached hydrogen (secondary N) is 1. The minimum absolute atomic E-state index is 0.146. The van der Waals surface area contributed by atoms with E-state index in [4.69, 9.17) is 14.2 Å². The Morgan fingerprint density at radius 1 is 1.15 bits per heavy atom. The number of amides is 1. The number of carbonyl (C=O) groups excluding carboxylic acids is 1. The van der Waals surface area contributed by atoms with E-state index in [9.17, 15) is 4.79 Å². The highest BCUT2D eigenvalue weighted by molar-refractivity contribution is 9.10. The number of carbonyl (C=O) groups is 1. The van der Waals surface area contributed by atoms with Gasteiger partial charge in [0.1, 0.15) is 0 Å². The van der Waals surface area contributed by atoms with Crippen LogP contribution in [0.25, 0.3) is 11.4 Å². The summed E-state index contributed by atoms with van der Waals surface area (Å²) in [6, 6.07) is 9.37. The lowest BCUT2D eigenvalue weighted by atomic mass is 10.1. The van der Waals surface area contributed by atoms with E-state index in [2.05, 4.69) is 38.0 Å². The zero-order valence-corrected chi connectivity index (χ0v) is 21.2. The fraction of sp³-hybridized carbons (Fsp3) is 0.261. The molecule has 33 heavy (non-hydrogen) atoms. The first-order valence-corrected chi connectivity index (χ1v) is 11.7. The fourth-order valence-corrected chi connectivity index (χ4v) is 4.49. The van der Waals surface area contributed by atoms with E-state index >= 15 is 0 Å². The number of halogens is 1. The molecule has 1 aromatic heterocycles. The minimum atomic E-state index is -0.146. The second-order valence-corrected chi connectivity index (χ2v) is 8.74. The Bertz CT molecular complexity index is 1140. The molecule has 0 fully saturated rings.